The van der Waals surface area contributed by atoms with Crippen LogP contribution in [0.5, 0.6) is 0 Å². The van der Waals surface area contributed by atoms with E-state index < -0.39 is 0 Å². The number of anilines is 3. The molecule has 0 spiro atoms. The van der Waals surface area contributed by atoms with Crippen molar-refractivity contribution in [2.24, 2.45) is 0 Å². The van der Waals surface area contributed by atoms with Gasteiger partial charge in [-0.15, -0.1) is 11.3 Å². The van der Waals surface area contributed by atoms with Crippen LogP contribution in [0.15, 0.2) is 47.4 Å². The maximum absolute atomic E-state index is 12.9. The lowest BCUT2D eigenvalue weighted by molar-refractivity contribution is 0.313. The Morgan fingerprint density at radius 3 is 2.54 bits per heavy atom. The average Bonchev–Trinajstić information content (AvgIpc) is 3.64. The molecule has 0 amide bonds. The summed E-state index contributed by atoms with van der Waals surface area (Å²) < 4.78 is 1.72. The molecule has 1 N–H and O–H groups in total. The largest absolute Gasteiger partial charge is 0.369 e. The lowest BCUT2D eigenvalue weighted by Gasteiger charge is -2.34. The number of aryl methyl sites for hydroxylation is 1. The molecule has 0 unspecified atom stereocenters. The van der Waals surface area contributed by atoms with Crippen LogP contribution < -0.4 is 15.8 Å². The van der Waals surface area contributed by atoms with E-state index in [2.05, 4.69) is 51.4 Å². The quantitative estimate of drug-likeness (QED) is 0.441. The Morgan fingerprint density at radius 2 is 1.80 bits per heavy atom. The summed E-state index contributed by atoms with van der Waals surface area (Å²) in [4.78, 5) is 32.9. The molecule has 2 fully saturated rings. The third-order valence-electron chi connectivity index (χ3n) is 6.81. The highest BCUT2D eigenvalue weighted by molar-refractivity contribution is 7.11. The molecule has 9 heteroatoms. The SMILES string of the molecule is Cc1nc(Cn2c(=O)ccc3cnc(Nc4ccc(N5CCN(C)CC5)cc4)nc32)c(C2CC2)s1. The van der Waals surface area contributed by atoms with E-state index in [4.69, 9.17) is 9.97 Å². The molecule has 180 valence electrons. The second kappa shape index (κ2) is 9.05. The number of hydrogen-bond donors (Lipinski definition) is 1. The number of piperazine rings is 1. The summed E-state index contributed by atoms with van der Waals surface area (Å²) in [7, 11) is 2.16. The minimum atomic E-state index is -0.0777. The van der Waals surface area contributed by atoms with E-state index in [1.807, 2.05) is 6.92 Å². The first kappa shape index (κ1) is 22.2. The summed E-state index contributed by atoms with van der Waals surface area (Å²) in [5, 5.41) is 5.19. The van der Waals surface area contributed by atoms with Crippen molar-refractivity contribution in [2.75, 3.05) is 43.4 Å². The van der Waals surface area contributed by atoms with Gasteiger partial charge in [0.15, 0.2) is 0 Å². The molecule has 4 heterocycles. The minimum absolute atomic E-state index is 0.0777. The number of nitrogens with zero attached hydrogens (tertiary/aromatic N) is 6. The Balaban J connectivity index is 1.26. The molecule has 0 bridgehead atoms. The number of pyridine rings is 1. The van der Waals surface area contributed by atoms with Crippen molar-refractivity contribution in [3.63, 3.8) is 0 Å². The standard InChI is InChI=1S/C26H29N7OS/c1-17-28-22(24(35-17)18-3-4-18)16-33-23(34)10-5-19-15-27-26(30-25(19)33)29-20-6-8-21(9-7-20)32-13-11-31(2)12-14-32/h5-10,15,18H,3-4,11-14,16H2,1-2H3,(H,27,29,30). The van der Waals surface area contributed by atoms with Crippen molar-refractivity contribution in [1.82, 2.24) is 24.4 Å². The molecule has 6 rings (SSSR count). The number of likely N-dealkylation sites (N-methyl/N-ethyl adjacent to an activating group) is 1. The van der Waals surface area contributed by atoms with Crippen LogP contribution in [0.1, 0.15) is 34.3 Å². The molecule has 0 radical (unpaired) electrons. The number of fused-ring (bicyclic) bond motifs is 1. The summed E-state index contributed by atoms with van der Waals surface area (Å²) in [5.41, 5.74) is 3.68. The average molecular weight is 488 g/mol. The summed E-state index contributed by atoms with van der Waals surface area (Å²) in [6.07, 6.45) is 4.19. The van der Waals surface area contributed by atoms with Crippen molar-refractivity contribution >= 4 is 39.7 Å². The molecule has 1 saturated heterocycles. The number of benzene rings is 1. The van der Waals surface area contributed by atoms with Crippen molar-refractivity contribution < 1.29 is 0 Å². The van der Waals surface area contributed by atoms with Gasteiger partial charge in [0, 0.05) is 60.1 Å². The molecule has 35 heavy (non-hydrogen) atoms. The van der Waals surface area contributed by atoms with Gasteiger partial charge in [-0.3, -0.25) is 9.36 Å². The molecule has 8 nitrogen and oxygen atoms in total. The Morgan fingerprint density at radius 1 is 1.03 bits per heavy atom. The second-order valence-corrected chi connectivity index (χ2v) is 10.7. The highest BCUT2D eigenvalue weighted by atomic mass is 32.1. The monoisotopic (exact) mass is 487 g/mol. The Bertz CT molecular complexity index is 1420. The predicted molar refractivity (Wildman–Crippen MR) is 141 cm³/mol. The molecule has 2 aliphatic rings. The molecule has 4 aromatic rings. The zero-order chi connectivity index (χ0) is 23.9. The molecule has 1 saturated carbocycles. The van der Waals surface area contributed by atoms with E-state index in [0.29, 0.717) is 24.1 Å². The van der Waals surface area contributed by atoms with Crippen LogP contribution in [-0.2, 0) is 6.54 Å². The fraction of sp³-hybridized carbons (Fsp3) is 0.385. The third kappa shape index (κ3) is 4.66. The van der Waals surface area contributed by atoms with Gasteiger partial charge in [0.25, 0.3) is 5.56 Å². The maximum atomic E-state index is 12.9. The fourth-order valence-electron chi connectivity index (χ4n) is 4.65. The van der Waals surface area contributed by atoms with Gasteiger partial charge in [0.2, 0.25) is 5.95 Å². The van der Waals surface area contributed by atoms with Crippen LogP contribution in [0.3, 0.4) is 0 Å². The zero-order valence-corrected chi connectivity index (χ0v) is 20.9. The van der Waals surface area contributed by atoms with Crippen LogP contribution in [0, 0.1) is 6.92 Å². The number of aromatic nitrogens is 4. The lowest BCUT2D eigenvalue weighted by Crippen LogP contribution is -2.44. The van der Waals surface area contributed by atoms with Crippen LogP contribution in [0.2, 0.25) is 0 Å². The smallest absolute Gasteiger partial charge is 0.252 e. The molecule has 3 aromatic heterocycles. The first-order valence-electron chi connectivity index (χ1n) is 12.2. The van der Waals surface area contributed by atoms with Gasteiger partial charge < -0.3 is 15.1 Å². The van der Waals surface area contributed by atoms with Crippen molar-refractivity contribution in [1.29, 1.82) is 0 Å². The van der Waals surface area contributed by atoms with E-state index >= 15 is 0 Å². The van der Waals surface area contributed by atoms with E-state index in [0.717, 1.165) is 48.0 Å². The molecular formula is C26H29N7OS. The van der Waals surface area contributed by atoms with Crippen LogP contribution in [-0.4, -0.2) is 57.6 Å². The lowest BCUT2D eigenvalue weighted by atomic mass is 10.2. The summed E-state index contributed by atoms with van der Waals surface area (Å²) >= 11 is 1.75. The van der Waals surface area contributed by atoms with Crippen molar-refractivity contribution in [3.05, 3.63) is 68.5 Å². The normalized spacial score (nSPS) is 16.7. The van der Waals surface area contributed by atoms with E-state index in [9.17, 15) is 4.79 Å². The molecular weight excluding hydrogens is 458 g/mol. The van der Waals surface area contributed by atoms with Gasteiger partial charge in [0.05, 0.1) is 17.2 Å². The molecule has 1 aliphatic carbocycles. The van der Waals surface area contributed by atoms with Crippen LogP contribution in [0.4, 0.5) is 17.3 Å². The predicted octanol–water partition coefficient (Wildman–Crippen LogP) is 3.98. The van der Waals surface area contributed by atoms with Gasteiger partial charge in [-0.1, -0.05) is 0 Å². The minimum Gasteiger partial charge on any atom is -0.369 e. The van der Waals surface area contributed by atoms with Gasteiger partial charge in [-0.2, -0.15) is 4.98 Å². The Hall–Kier alpha value is -3.30. The highest BCUT2D eigenvalue weighted by Gasteiger charge is 2.29. The molecule has 1 aliphatic heterocycles. The van der Waals surface area contributed by atoms with E-state index in [-0.39, 0.29) is 5.56 Å². The number of nitrogens with one attached hydrogen (secondary N) is 1. The van der Waals surface area contributed by atoms with Gasteiger partial charge in [0.1, 0.15) is 5.65 Å². The van der Waals surface area contributed by atoms with Crippen molar-refractivity contribution in [3.8, 4) is 0 Å². The Kier molecular flexibility index (Phi) is 5.74. The van der Waals surface area contributed by atoms with Crippen LogP contribution >= 0.6 is 11.3 Å². The highest BCUT2D eigenvalue weighted by Crippen LogP contribution is 2.44. The van der Waals surface area contributed by atoms with E-state index in [1.165, 1.54) is 23.4 Å². The van der Waals surface area contributed by atoms with Gasteiger partial charge in [-0.05, 0) is 63.1 Å². The topological polar surface area (TPSA) is 79.2 Å². The zero-order valence-electron chi connectivity index (χ0n) is 20.1. The number of rotatable bonds is 6. The Labute approximate surface area is 208 Å². The van der Waals surface area contributed by atoms with Crippen molar-refractivity contribution in [2.45, 2.75) is 32.2 Å². The first-order chi connectivity index (χ1) is 17.0. The maximum Gasteiger partial charge on any atom is 0.252 e. The summed E-state index contributed by atoms with van der Waals surface area (Å²) in [6.45, 7) is 6.70. The van der Waals surface area contributed by atoms with Gasteiger partial charge >= 0.3 is 0 Å². The number of hydrogen-bond acceptors (Lipinski definition) is 8. The fourth-order valence-corrected chi connectivity index (χ4v) is 5.75. The van der Waals surface area contributed by atoms with Crippen LogP contribution in [0.25, 0.3) is 11.0 Å². The summed E-state index contributed by atoms with van der Waals surface area (Å²) in [5.74, 6) is 1.07. The molecule has 1 aromatic carbocycles. The summed E-state index contributed by atoms with van der Waals surface area (Å²) in [6, 6.07) is 11.8. The number of thiazole rings is 1. The van der Waals surface area contributed by atoms with E-state index in [1.54, 1.807) is 34.2 Å². The molecule has 0 atom stereocenters. The van der Waals surface area contributed by atoms with Gasteiger partial charge in [-0.25, -0.2) is 9.97 Å². The first-order valence-corrected chi connectivity index (χ1v) is 13.0. The second-order valence-electron chi connectivity index (χ2n) is 9.51. The third-order valence-corrected chi connectivity index (χ3v) is 7.98.